The number of hydrogen-bond acceptors (Lipinski definition) is 2. The second-order valence-electron chi connectivity index (χ2n) is 3.25. The zero-order valence-corrected chi connectivity index (χ0v) is 12.8. The molecule has 0 aliphatic carbocycles. The molecule has 0 bridgehead atoms. The Morgan fingerprint density at radius 2 is 1.75 bits per heavy atom. The second kappa shape index (κ2) is 5.42. The Morgan fingerprint density at radius 3 is 2.38 bits per heavy atom. The van der Waals surface area contributed by atoms with E-state index in [9.17, 15) is 0 Å². The van der Waals surface area contributed by atoms with Crippen LogP contribution in [0.5, 0.6) is 0 Å². The summed E-state index contributed by atoms with van der Waals surface area (Å²) in [5.74, 6) is 0. The standard InChI is InChI=1S/C12H9BrINS/c13-11-7-8(14)1-6-12(11)16-10-4-2-9(15)3-5-10/h1-7H,15H2. The minimum absolute atomic E-state index is 0.797. The van der Waals surface area contributed by atoms with Crippen molar-refractivity contribution < 1.29 is 0 Å². The van der Waals surface area contributed by atoms with Gasteiger partial charge in [0.05, 0.1) is 0 Å². The quantitative estimate of drug-likeness (QED) is 0.574. The molecule has 0 aliphatic heterocycles. The molecule has 2 rings (SSSR count). The summed E-state index contributed by atoms with van der Waals surface area (Å²) in [7, 11) is 0. The molecule has 0 amide bonds. The lowest BCUT2D eigenvalue weighted by Gasteiger charge is -2.05. The molecule has 2 N–H and O–H groups in total. The summed E-state index contributed by atoms with van der Waals surface area (Å²) in [6.07, 6.45) is 0. The van der Waals surface area contributed by atoms with E-state index in [1.165, 1.54) is 13.4 Å². The predicted molar refractivity (Wildman–Crippen MR) is 81.8 cm³/mol. The Bertz CT molecular complexity index is 499. The molecule has 0 atom stereocenters. The first-order valence-electron chi connectivity index (χ1n) is 4.63. The molecular weight excluding hydrogens is 397 g/mol. The van der Waals surface area contributed by atoms with Gasteiger partial charge in [-0.3, -0.25) is 0 Å². The Kier molecular flexibility index (Phi) is 4.16. The van der Waals surface area contributed by atoms with Crippen LogP contribution in [0.15, 0.2) is 56.7 Å². The van der Waals surface area contributed by atoms with Crippen molar-refractivity contribution >= 4 is 56.0 Å². The van der Waals surface area contributed by atoms with Gasteiger partial charge in [0.1, 0.15) is 0 Å². The number of hydrogen-bond donors (Lipinski definition) is 1. The van der Waals surface area contributed by atoms with Gasteiger partial charge < -0.3 is 5.73 Å². The summed E-state index contributed by atoms with van der Waals surface area (Å²) in [6, 6.07) is 14.2. The van der Waals surface area contributed by atoms with Crippen molar-refractivity contribution in [1.82, 2.24) is 0 Å². The maximum absolute atomic E-state index is 5.65. The summed E-state index contributed by atoms with van der Waals surface area (Å²) in [5, 5.41) is 0. The predicted octanol–water partition coefficient (Wildman–Crippen LogP) is 4.79. The molecule has 0 spiro atoms. The van der Waals surface area contributed by atoms with Crippen LogP contribution in [0, 0.1) is 3.57 Å². The first kappa shape index (κ1) is 12.3. The van der Waals surface area contributed by atoms with Crippen molar-refractivity contribution in [2.75, 3.05) is 5.73 Å². The molecular formula is C12H9BrINS. The minimum atomic E-state index is 0.797. The average Bonchev–Trinajstić information content (AvgIpc) is 2.25. The molecule has 0 fully saturated rings. The van der Waals surface area contributed by atoms with Crippen LogP contribution < -0.4 is 5.73 Å². The first-order valence-corrected chi connectivity index (χ1v) is 7.32. The molecule has 0 unspecified atom stereocenters. The van der Waals surface area contributed by atoms with Crippen molar-refractivity contribution in [3.05, 3.63) is 50.5 Å². The third-order valence-electron chi connectivity index (χ3n) is 2.00. The molecule has 0 saturated heterocycles. The topological polar surface area (TPSA) is 26.0 Å². The number of nitrogen functional groups attached to an aromatic ring is 1. The van der Waals surface area contributed by atoms with E-state index in [0.717, 1.165) is 10.2 Å². The molecule has 0 radical (unpaired) electrons. The first-order chi connectivity index (χ1) is 7.65. The Labute approximate surface area is 121 Å². The smallest absolute Gasteiger partial charge is 0.0325 e. The molecule has 0 heterocycles. The Balaban J connectivity index is 2.23. The highest BCUT2D eigenvalue weighted by Crippen LogP contribution is 2.34. The van der Waals surface area contributed by atoms with Gasteiger partial charge in [-0.1, -0.05) is 11.8 Å². The minimum Gasteiger partial charge on any atom is -0.399 e. The van der Waals surface area contributed by atoms with Crippen molar-refractivity contribution in [2.45, 2.75) is 9.79 Å². The van der Waals surface area contributed by atoms with Crippen molar-refractivity contribution in [3.8, 4) is 0 Å². The van der Waals surface area contributed by atoms with Crippen LogP contribution in [-0.2, 0) is 0 Å². The average molecular weight is 406 g/mol. The maximum atomic E-state index is 5.65. The molecule has 0 saturated carbocycles. The molecule has 1 nitrogen and oxygen atoms in total. The highest BCUT2D eigenvalue weighted by Gasteiger charge is 2.02. The SMILES string of the molecule is Nc1ccc(Sc2ccc(I)cc2Br)cc1. The molecule has 0 aromatic heterocycles. The van der Waals surface area contributed by atoms with E-state index >= 15 is 0 Å². The lowest BCUT2D eigenvalue weighted by atomic mass is 10.3. The zero-order chi connectivity index (χ0) is 11.5. The molecule has 82 valence electrons. The Hall–Kier alpha value is -0.200. The molecule has 2 aromatic rings. The Morgan fingerprint density at radius 1 is 1.06 bits per heavy atom. The third-order valence-corrected chi connectivity index (χ3v) is 4.68. The van der Waals surface area contributed by atoms with Gasteiger partial charge in [-0.05, 0) is 81.0 Å². The molecule has 2 aromatic carbocycles. The number of rotatable bonds is 2. The van der Waals surface area contributed by atoms with Gasteiger partial charge in [-0.2, -0.15) is 0 Å². The summed E-state index contributed by atoms with van der Waals surface area (Å²) >= 11 is 7.60. The third kappa shape index (κ3) is 3.15. The lowest BCUT2D eigenvalue weighted by Crippen LogP contribution is -1.83. The van der Waals surface area contributed by atoms with Crippen molar-refractivity contribution in [2.24, 2.45) is 0 Å². The van der Waals surface area contributed by atoms with E-state index in [1.807, 2.05) is 24.3 Å². The van der Waals surface area contributed by atoms with Gasteiger partial charge in [-0.15, -0.1) is 0 Å². The highest BCUT2D eigenvalue weighted by molar-refractivity contribution is 14.1. The highest BCUT2D eigenvalue weighted by atomic mass is 127. The van der Waals surface area contributed by atoms with E-state index < -0.39 is 0 Å². The number of anilines is 1. The van der Waals surface area contributed by atoms with Crippen molar-refractivity contribution in [3.63, 3.8) is 0 Å². The summed E-state index contributed by atoms with van der Waals surface area (Å²) in [4.78, 5) is 2.40. The van der Waals surface area contributed by atoms with Crippen LogP contribution in [0.25, 0.3) is 0 Å². The fourth-order valence-corrected chi connectivity index (χ4v) is 3.58. The van der Waals surface area contributed by atoms with E-state index in [0.29, 0.717) is 0 Å². The van der Waals surface area contributed by atoms with Crippen LogP contribution in [-0.4, -0.2) is 0 Å². The van der Waals surface area contributed by atoms with Crippen LogP contribution in [0.3, 0.4) is 0 Å². The van der Waals surface area contributed by atoms with Crippen LogP contribution >= 0.6 is 50.3 Å². The van der Waals surface area contributed by atoms with Gasteiger partial charge in [-0.25, -0.2) is 0 Å². The zero-order valence-electron chi connectivity index (χ0n) is 8.28. The molecule has 16 heavy (non-hydrogen) atoms. The monoisotopic (exact) mass is 405 g/mol. The number of halogens is 2. The van der Waals surface area contributed by atoms with Gasteiger partial charge in [0.2, 0.25) is 0 Å². The van der Waals surface area contributed by atoms with Gasteiger partial charge in [0, 0.05) is 23.5 Å². The maximum Gasteiger partial charge on any atom is 0.0325 e. The van der Waals surface area contributed by atoms with E-state index in [4.69, 9.17) is 5.73 Å². The fraction of sp³-hybridized carbons (Fsp3) is 0. The van der Waals surface area contributed by atoms with Crippen LogP contribution in [0.4, 0.5) is 5.69 Å². The summed E-state index contributed by atoms with van der Waals surface area (Å²) < 4.78 is 2.35. The normalized spacial score (nSPS) is 10.4. The van der Waals surface area contributed by atoms with E-state index in [1.54, 1.807) is 11.8 Å². The van der Waals surface area contributed by atoms with Gasteiger partial charge >= 0.3 is 0 Å². The van der Waals surface area contributed by atoms with Crippen molar-refractivity contribution in [1.29, 1.82) is 0 Å². The van der Waals surface area contributed by atoms with Crippen LogP contribution in [0.1, 0.15) is 0 Å². The van der Waals surface area contributed by atoms with E-state index in [2.05, 4.69) is 56.7 Å². The van der Waals surface area contributed by atoms with Crippen LogP contribution in [0.2, 0.25) is 0 Å². The number of benzene rings is 2. The second-order valence-corrected chi connectivity index (χ2v) is 6.46. The largest absolute Gasteiger partial charge is 0.399 e. The van der Waals surface area contributed by atoms with Gasteiger partial charge in [0.15, 0.2) is 0 Å². The number of nitrogens with two attached hydrogens (primary N) is 1. The summed E-state index contributed by atoms with van der Waals surface area (Å²) in [5.41, 5.74) is 6.45. The van der Waals surface area contributed by atoms with Gasteiger partial charge in [0.25, 0.3) is 0 Å². The molecule has 0 aliphatic rings. The summed E-state index contributed by atoms with van der Waals surface area (Å²) in [6.45, 7) is 0. The fourth-order valence-electron chi connectivity index (χ4n) is 1.22. The lowest BCUT2D eigenvalue weighted by molar-refractivity contribution is 1.36. The molecule has 4 heteroatoms. The van der Waals surface area contributed by atoms with E-state index in [-0.39, 0.29) is 0 Å².